The number of para-hydroxylation sites is 1. The number of urea groups is 1. The molecule has 35 heavy (non-hydrogen) atoms. The first-order valence-electron chi connectivity index (χ1n) is 11.0. The van der Waals surface area contributed by atoms with Crippen LogP contribution in [0.5, 0.6) is 11.5 Å². The normalized spacial score (nSPS) is 14.9. The van der Waals surface area contributed by atoms with Gasteiger partial charge in [-0.2, -0.15) is 0 Å². The molecule has 0 bridgehead atoms. The molecule has 1 atom stereocenters. The van der Waals surface area contributed by atoms with E-state index in [1.54, 1.807) is 61.7 Å². The Morgan fingerprint density at radius 2 is 1.51 bits per heavy atom. The molecule has 1 heterocycles. The maximum Gasteiger partial charge on any atom is 0.323 e. The van der Waals surface area contributed by atoms with E-state index in [0.717, 1.165) is 0 Å². The van der Waals surface area contributed by atoms with E-state index in [-0.39, 0.29) is 24.8 Å². The number of rotatable bonds is 7. The number of ether oxygens (including phenoxy) is 2. The molecule has 1 fully saturated rings. The van der Waals surface area contributed by atoms with Crippen molar-refractivity contribution in [1.82, 2.24) is 0 Å². The summed E-state index contributed by atoms with van der Waals surface area (Å²) < 4.78 is 10.7. The molecule has 0 aromatic heterocycles. The summed E-state index contributed by atoms with van der Waals surface area (Å²) in [6.45, 7) is 0.214. The molecule has 0 spiro atoms. The van der Waals surface area contributed by atoms with Gasteiger partial charge in [0.15, 0.2) is 0 Å². The average molecular weight is 475 g/mol. The monoisotopic (exact) mass is 474 g/mol. The van der Waals surface area contributed by atoms with Gasteiger partial charge in [0, 0.05) is 36.1 Å². The molecular formula is C26H26N4O5. The number of methoxy groups -OCH3 is 2. The number of carbonyl (C=O) groups excluding carboxylic acids is 3. The summed E-state index contributed by atoms with van der Waals surface area (Å²) >= 11 is 0. The molecule has 3 N–H and O–H groups in total. The summed E-state index contributed by atoms with van der Waals surface area (Å²) in [7, 11) is 3.07. The number of nitrogens with zero attached hydrogens (tertiary/aromatic N) is 1. The number of benzene rings is 3. The molecular weight excluding hydrogens is 448 g/mol. The van der Waals surface area contributed by atoms with E-state index in [0.29, 0.717) is 34.2 Å². The van der Waals surface area contributed by atoms with Gasteiger partial charge >= 0.3 is 6.03 Å². The van der Waals surface area contributed by atoms with Gasteiger partial charge in [0.1, 0.15) is 11.5 Å². The molecule has 1 aliphatic heterocycles. The second kappa shape index (κ2) is 10.6. The maximum absolute atomic E-state index is 12.9. The van der Waals surface area contributed by atoms with E-state index in [9.17, 15) is 14.4 Å². The van der Waals surface area contributed by atoms with Crippen molar-refractivity contribution in [2.24, 2.45) is 5.92 Å². The van der Waals surface area contributed by atoms with Crippen LogP contribution >= 0.6 is 0 Å². The molecule has 1 saturated heterocycles. The fourth-order valence-corrected chi connectivity index (χ4v) is 3.86. The summed E-state index contributed by atoms with van der Waals surface area (Å²) in [6, 6.07) is 20.7. The molecule has 4 rings (SSSR count). The van der Waals surface area contributed by atoms with E-state index in [4.69, 9.17) is 9.47 Å². The van der Waals surface area contributed by atoms with Crippen molar-refractivity contribution in [3.63, 3.8) is 0 Å². The molecule has 1 aliphatic rings. The standard InChI is InChI=1S/C26H26N4O5/c1-34-21-11-12-23(35-2)22(15-21)30-16-17(13-24(30)31)25(32)27-19-9-6-10-20(14-19)29-26(33)28-18-7-4-3-5-8-18/h3-12,14-15,17H,13,16H2,1-2H3,(H,27,32)(H2,28,29,33). The van der Waals surface area contributed by atoms with Crippen LogP contribution in [0.25, 0.3) is 0 Å². The molecule has 0 radical (unpaired) electrons. The van der Waals surface area contributed by atoms with Gasteiger partial charge in [-0.1, -0.05) is 24.3 Å². The molecule has 1 unspecified atom stereocenters. The summed E-state index contributed by atoms with van der Waals surface area (Å²) in [5.74, 6) is 0.101. The van der Waals surface area contributed by atoms with Crippen LogP contribution in [0.1, 0.15) is 6.42 Å². The van der Waals surface area contributed by atoms with Crippen LogP contribution in [-0.4, -0.2) is 38.6 Å². The van der Waals surface area contributed by atoms with Gasteiger partial charge in [-0.3, -0.25) is 9.59 Å². The molecule has 180 valence electrons. The lowest BCUT2D eigenvalue weighted by Crippen LogP contribution is -2.28. The minimum atomic E-state index is -0.545. The smallest absolute Gasteiger partial charge is 0.323 e. The molecule has 3 aromatic rings. The summed E-state index contributed by atoms with van der Waals surface area (Å²) in [5.41, 5.74) is 2.25. The highest BCUT2D eigenvalue weighted by atomic mass is 16.5. The second-order valence-corrected chi connectivity index (χ2v) is 7.96. The highest BCUT2D eigenvalue weighted by molar-refractivity contribution is 6.05. The third-order valence-electron chi connectivity index (χ3n) is 5.59. The Bertz CT molecular complexity index is 1230. The fraction of sp³-hybridized carbons (Fsp3) is 0.192. The number of nitrogens with one attached hydrogen (secondary N) is 3. The number of amides is 4. The highest BCUT2D eigenvalue weighted by Gasteiger charge is 2.36. The SMILES string of the molecule is COc1ccc(OC)c(N2CC(C(=O)Nc3cccc(NC(=O)Nc4ccccc4)c3)CC2=O)c1. The number of anilines is 4. The quantitative estimate of drug-likeness (QED) is 0.472. The van der Waals surface area contributed by atoms with Gasteiger partial charge in [0.05, 0.1) is 25.8 Å². The van der Waals surface area contributed by atoms with Crippen LogP contribution in [0.2, 0.25) is 0 Å². The largest absolute Gasteiger partial charge is 0.497 e. The molecule has 9 heteroatoms. The van der Waals surface area contributed by atoms with Gasteiger partial charge in [0.2, 0.25) is 11.8 Å². The van der Waals surface area contributed by atoms with E-state index < -0.39 is 11.9 Å². The van der Waals surface area contributed by atoms with Crippen molar-refractivity contribution in [2.75, 3.05) is 41.6 Å². The van der Waals surface area contributed by atoms with Crippen LogP contribution in [0.4, 0.5) is 27.5 Å². The topological polar surface area (TPSA) is 109 Å². The van der Waals surface area contributed by atoms with Gasteiger partial charge in [-0.15, -0.1) is 0 Å². The van der Waals surface area contributed by atoms with Gasteiger partial charge in [-0.05, 0) is 42.5 Å². The van der Waals surface area contributed by atoms with Crippen LogP contribution in [-0.2, 0) is 9.59 Å². The first-order chi connectivity index (χ1) is 17.0. The van der Waals surface area contributed by atoms with Crippen LogP contribution in [0.3, 0.4) is 0 Å². The number of hydrogen-bond acceptors (Lipinski definition) is 5. The third-order valence-corrected chi connectivity index (χ3v) is 5.59. The van der Waals surface area contributed by atoms with E-state index in [2.05, 4.69) is 16.0 Å². The van der Waals surface area contributed by atoms with Crippen LogP contribution < -0.4 is 30.3 Å². The average Bonchev–Trinajstić information content (AvgIpc) is 3.26. The Labute approximate surface area is 203 Å². The lowest BCUT2D eigenvalue weighted by atomic mass is 10.1. The maximum atomic E-state index is 12.9. The predicted molar refractivity (Wildman–Crippen MR) is 134 cm³/mol. The summed E-state index contributed by atoms with van der Waals surface area (Å²) in [5, 5.41) is 8.33. The molecule has 9 nitrogen and oxygen atoms in total. The molecule has 0 aliphatic carbocycles. The highest BCUT2D eigenvalue weighted by Crippen LogP contribution is 2.36. The van der Waals surface area contributed by atoms with Gasteiger partial charge < -0.3 is 30.3 Å². The fourth-order valence-electron chi connectivity index (χ4n) is 3.86. The molecule has 0 saturated carbocycles. The zero-order chi connectivity index (χ0) is 24.8. The van der Waals surface area contributed by atoms with Crippen molar-refractivity contribution in [3.8, 4) is 11.5 Å². The number of carbonyl (C=O) groups is 3. The minimum absolute atomic E-state index is 0.0730. The summed E-state index contributed by atoms with van der Waals surface area (Å²) in [6.07, 6.45) is 0.0730. The predicted octanol–water partition coefficient (Wildman–Crippen LogP) is 4.34. The summed E-state index contributed by atoms with van der Waals surface area (Å²) in [4.78, 5) is 39.5. The third kappa shape index (κ3) is 5.70. The Kier molecular flexibility index (Phi) is 7.15. The lowest BCUT2D eigenvalue weighted by molar-refractivity contribution is -0.122. The Morgan fingerprint density at radius 1 is 0.829 bits per heavy atom. The van der Waals surface area contributed by atoms with Crippen LogP contribution in [0.15, 0.2) is 72.8 Å². The van der Waals surface area contributed by atoms with Crippen molar-refractivity contribution >= 4 is 40.6 Å². The number of hydrogen-bond donors (Lipinski definition) is 3. The first-order valence-corrected chi connectivity index (χ1v) is 11.0. The molecule has 3 aromatic carbocycles. The Balaban J connectivity index is 1.40. The second-order valence-electron chi connectivity index (χ2n) is 7.96. The van der Waals surface area contributed by atoms with Gasteiger partial charge in [-0.25, -0.2) is 4.79 Å². The van der Waals surface area contributed by atoms with E-state index >= 15 is 0 Å². The van der Waals surface area contributed by atoms with Crippen molar-refractivity contribution in [2.45, 2.75) is 6.42 Å². The van der Waals surface area contributed by atoms with Crippen molar-refractivity contribution in [3.05, 3.63) is 72.8 Å². The lowest BCUT2D eigenvalue weighted by Gasteiger charge is -2.20. The van der Waals surface area contributed by atoms with Gasteiger partial charge in [0.25, 0.3) is 0 Å². The zero-order valence-corrected chi connectivity index (χ0v) is 19.4. The first kappa shape index (κ1) is 23.6. The van der Waals surface area contributed by atoms with E-state index in [1.165, 1.54) is 12.0 Å². The van der Waals surface area contributed by atoms with Crippen molar-refractivity contribution < 1.29 is 23.9 Å². The minimum Gasteiger partial charge on any atom is -0.497 e. The molecule has 4 amide bonds. The van der Waals surface area contributed by atoms with Crippen LogP contribution in [0, 0.1) is 5.92 Å². The van der Waals surface area contributed by atoms with Crippen molar-refractivity contribution in [1.29, 1.82) is 0 Å². The van der Waals surface area contributed by atoms with E-state index in [1.807, 2.05) is 18.2 Å². The Morgan fingerprint density at radius 3 is 2.23 bits per heavy atom. The Hall–Kier alpha value is -4.53. The zero-order valence-electron chi connectivity index (χ0n) is 19.4.